The highest BCUT2D eigenvalue weighted by Gasteiger charge is 2.28. The predicted octanol–water partition coefficient (Wildman–Crippen LogP) is 2.13. The lowest BCUT2D eigenvalue weighted by Crippen LogP contribution is -2.43. The first-order chi connectivity index (χ1) is 18.2. The number of aryl methyl sites for hydroxylation is 2. The molecule has 2 aromatic carbocycles. The molecule has 0 spiro atoms. The molecule has 2 aromatic heterocycles. The number of imidazole rings is 1. The normalized spacial score (nSPS) is 16.6. The second-order valence-electron chi connectivity index (χ2n) is 9.93. The van der Waals surface area contributed by atoms with E-state index in [-0.39, 0.29) is 10.9 Å². The third-order valence-electron chi connectivity index (χ3n) is 7.12. The zero-order valence-electron chi connectivity index (χ0n) is 21.8. The molecule has 1 saturated heterocycles. The van der Waals surface area contributed by atoms with Gasteiger partial charge in [0.25, 0.3) is 5.56 Å². The quantitative estimate of drug-likeness (QED) is 0.404. The first-order valence-electron chi connectivity index (χ1n) is 12.7. The zero-order chi connectivity index (χ0) is 27.0. The van der Waals surface area contributed by atoms with Crippen LogP contribution in [0.2, 0.25) is 0 Å². The fourth-order valence-corrected chi connectivity index (χ4v) is 6.28. The Bertz CT molecular complexity index is 1690. The Morgan fingerprint density at radius 3 is 2.39 bits per heavy atom. The molecule has 11 heteroatoms. The minimum atomic E-state index is -3.71. The summed E-state index contributed by atoms with van der Waals surface area (Å²) in [6.45, 7) is 3.33. The first-order valence-corrected chi connectivity index (χ1v) is 14.2. The summed E-state index contributed by atoms with van der Waals surface area (Å²) in [7, 11) is -0.640. The van der Waals surface area contributed by atoms with E-state index in [0.717, 1.165) is 28.5 Å². The van der Waals surface area contributed by atoms with Crippen molar-refractivity contribution in [2.24, 2.45) is 14.1 Å². The maximum atomic E-state index is 13.3. The van der Waals surface area contributed by atoms with Crippen LogP contribution in [-0.2, 0) is 30.7 Å². The Hall–Kier alpha value is -3.70. The molecule has 1 aliphatic heterocycles. The van der Waals surface area contributed by atoms with Crippen LogP contribution in [-0.4, -0.2) is 46.2 Å². The highest BCUT2D eigenvalue weighted by molar-refractivity contribution is 7.89. The van der Waals surface area contributed by atoms with E-state index < -0.39 is 21.3 Å². The van der Waals surface area contributed by atoms with Gasteiger partial charge in [-0.2, -0.15) is 4.98 Å². The molecule has 5 rings (SSSR count). The van der Waals surface area contributed by atoms with E-state index in [1.54, 1.807) is 31.3 Å². The molecule has 3 heterocycles. The van der Waals surface area contributed by atoms with E-state index in [0.29, 0.717) is 43.2 Å². The molecule has 1 N–H and O–H groups in total. The number of fused-ring (bicyclic) bond motifs is 1. The van der Waals surface area contributed by atoms with Crippen LogP contribution in [0.25, 0.3) is 11.2 Å². The van der Waals surface area contributed by atoms with Crippen molar-refractivity contribution in [2.75, 3.05) is 18.0 Å². The summed E-state index contributed by atoms with van der Waals surface area (Å²) in [6.07, 6.45) is 2.37. The van der Waals surface area contributed by atoms with Crippen molar-refractivity contribution in [1.29, 1.82) is 0 Å². The van der Waals surface area contributed by atoms with Gasteiger partial charge in [0.2, 0.25) is 16.0 Å². The highest BCUT2D eigenvalue weighted by Crippen LogP contribution is 2.25. The van der Waals surface area contributed by atoms with Gasteiger partial charge in [0.1, 0.15) is 0 Å². The van der Waals surface area contributed by atoms with Gasteiger partial charge >= 0.3 is 5.69 Å². The summed E-state index contributed by atoms with van der Waals surface area (Å²) < 4.78 is 33.5. The lowest BCUT2D eigenvalue weighted by Gasteiger charge is -2.26. The molecule has 38 heavy (non-hydrogen) atoms. The molecule has 10 nitrogen and oxygen atoms in total. The van der Waals surface area contributed by atoms with Crippen molar-refractivity contribution in [2.45, 2.75) is 43.7 Å². The minimum Gasteiger partial charge on any atom is -0.341 e. The van der Waals surface area contributed by atoms with Crippen molar-refractivity contribution in [1.82, 2.24) is 23.4 Å². The largest absolute Gasteiger partial charge is 0.341 e. The summed E-state index contributed by atoms with van der Waals surface area (Å²) >= 11 is 0. The van der Waals surface area contributed by atoms with Crippen molar-refractivity contribution < 1.29 is 8.42 Å². The van der Waals surface area contributed by atoms with Crippen LogP contribution in [0.4, 0.5) is 5.95 Å². The van der Waals surface area contributed by atoms with Crippen LogP contribution in [0.15, 0.2) is 69.1 Å². The standard InChI is InChI=1S/C27H32N6O4S/c1-19-12-14-22(15-13-19)38(36,37)29-21-11-7-8-16-32(18-21)26-28-24-23(25(34)31(3)27(35)30(24)2)33(26)17-20-9-5-4-6-10-20/h4-6,9-10,12-15,21,29H,7-8,11,16-18H2,1-3H3. The molecule has 0 saturated carbocycles. The van der Waals surface area contributed by atoms with E-state index in [1.165, 1.54) is 11.6 Å². The maximum absolute atomic E-state index is 13.3. The minimum absolute atomic E-state index is 0.230. The SMILES string of the molecule is Cc1ccc(S(=O)(=O)NC2CCCCN(c3nc4c(c(=O)n(C)c(=O)n4C)n3Cc3ccccc3)C2)cc1. The first kappa shape index (κ1) is 25.9. The molecule has 0 radical (unpaired) electrons. The molecule has 1 atom stereocenters. The average Bonchev–Trinajstić information content (AvgIpc) is 3.11. The molecule has 0 aliphatic carbocycles. The number of sulfonamides is 1. The highest BCUT2D eigenvalue weighted by atomic mass is 32.2. The summed E-state index contributed by atoms with van der Waals surface area (Å²) in [4.78, 5) is 33.0. The maximum Gasteiger partial charge on any atom is 0.332 e. The van der Waals surface area contributed by atoms with Gasteiger partial charge in [0.05, 0.1) is 11.4 Å². The lowest BCUT2D eigenvalue weighted by atomic mass is 10.2. The van der Waals surface area contributed by atoms with Gasteiger partial charge in [-0.15, -0.1) is 0 Å². The second kappa shape index (κ2) is 10.2. The number of hydrogen-bond donors (Lipinski definition) is 1. The van der Waals surface area contributed by atoms with Gasteiger partial charge in [0, 0.05) is 33.2 Å². The Labute approximate surface area is 221 Å². The zero-order valence-corrected chi connectivity index (χ0v) is 22.6. The number of aromatic nitrogens is 4. The monoisotopic (exact) mass is 536 g/mol. The number of nitrogens with zero attached hydrogens (tertiary/aromatic N) is 5. The summed E-state index contributed by atoms with van der Waals surface area (Å²) in [5.74, 6) is 0.545. The Morgan fingerprint density at radius 1 is 0.974 bits per heavy atom. The van der Waals surface area contributed by atoms with Crippen molar-refractivity contribution in [3.8, 4) is 0 Å². The number of rotatable bonds is 6. The fraction of sp³-hybridized carbons (Fsp3) is 0.370. The molecule has 0 amide bonds. The van der Waals surface area contributed by atoms with E-state index in [1.807, 2.05) is 46.7 Å². The molecule has 0 bridgehead atoms. The number of nitrogens with one attached hydrogen (secondary N) is 1. The topological polar surface area (TPSA) is 111 Å². The molecule has 4 aromatic rings. The van der Waals surface area contributed by atoms with Crippen LogP contribution >= 0.6 is 0 Å². The summed E-state index contributed by atoms with van der Waals surface area (Å²) in [6, 6.07) is 16.2. The predicted molar refractivity (Wildman–Crippen MR) is 147 cm³/mol. The van der Waals surface area contributed by atoms with Crippen LogP contribution in [0.3, 0.4) is 0 Å². The third kappa shape index (κ3) is 4.91. The molecular weight excluding hydrogens is 504 g/mol. The average molecular weight is 537 g/mol. The summed E-state index contributed by atoms with van der Waals surface area (Å²) in [5.41, 5.74) is 1.76. The van der Waals surface area contributed by atoms with Crippen LogP contribution in [0, 0.1) is 6.92 Å². The van der Waals surface area contributed by atoms with Gasteiger partial charge in [-0.05, 0) is 37.5 Å². The van der Waals surface area contributed by atoms with E-state index in [9.17, 15) is 18.0 Å². The van der Waals surface area contributed by atoms with Crippen molar-refractivity contribution in [3.05, 3.63) is 86.6 Å². The van der Waals surface area contributed by atoms with Gasteiger partial charge in [0.15, 0.2) is 11.2 Å². The summed E-state index contributed by atoms with van der Waals surface area (Å²) in [5, 5.41) is 0. The van der Waals surface area contributed by atoms with Gasteiger partial charge < -0.3 is 4.90 Å². The Morgan fingerprint density at radius 2 is 1.68 bits per heavy atom. The van der Waals surface area contributed by atoms with Crippen molar-refractivity contribution in [3.63, 3.8) is 0 Å². The molecular formula is C27H32N6O4S. The molecule has 1 unspecified atom stereocenters. The second-order valence-corrected chi connectivity index (χ2v) is 11.6. The smallest absolute Gasteiger partial charge is 0.332 e. The molecule has 1 fully saturated rings. The lowest BCUT2D eigenvalue weighted by molar-refractivity contribution is 0.529. The van der Waals surface area contributed by atoms with Gasteiger partial charge in [-0.3, -0.25) is 18.5 Å². The van der Waals surface area contributed by atoms with E-state index in [2.05, 4.69) is 4.72 Å². The van der Waals surface area contributed by atoms with Crippen molar-refractivity contribution >= 4 is 27.1 Å². The van der Waals surface area contributed by atoms with Gasteiger partial charge in [-0.1, -0.05) is 54.4 Å². The third-order valence-corrected chi connectivity index (χ3v) is 8.66. The van der Waals surface area contributed by atoms with Crippen LogP contribution in [0.1, 0.15) is 30.4 Å². The molecule has 200 valence electrons. The van der Waals surface area contributed by atoms with Crippen LogP contribution < -0.4 is 20.9 Å². The fourth-order valence-electron chi connectivity index (χ4n) is 5.02. The number of anilines is 1. The Balaban J connectivity index is 1.56. The number of benzene rings is 2. The van der Waals surface area contributed by atoms with Gasteiger partial charge in [-0.25, -0.2) is 17.9 Å². The van der Waals surface area contributed by atoms with E-state index in [4.69, 9.17) is 4.98 Å². The Kier molecular flexibility index (Phi) is 6.97. The molecule has 1 aliphatic rings. The van der Waals surface area contributed by atoms with Crippen LogP contribution in [0.5, 0.6) is 0 Å². The number of hydrogen-bond acceptors (Lipinski definition) is 6. The van der Waals surface area contributed by atoms with E-state index >= 15 is 0 Å².